The Morgan fingerprint density at radius 3 is 2.73 bits per heavy atom. The molecule has 130 valence electrons. The Morgan fingerprint density at radius 2 is 2.04 bits per heavy atom. The van der Waals surface area contributed by atoms with Crippen LogP contribution < -0.4 is 5.43 Å². The van der Waals surface area contributed by atoms with Crippen molar-refractivity contribution in [1.29, 1.82) is 0 Å². The van der Waals surface area contributed by atoms with Gasteiger partial charge in [0.1, 0.15) is 4.92 Å². The second-order valence-electron chi connectivity index (χ2n) is 5.01. The molecule has 10 heteroatoms. The fourth-order valence-corrected chi connectivity index (χ4v) is 2.20. The molecule has 0 bridgehead atoms. The van der Waals surface area contributed by atoms with Crippen LogP contribution >= 0.6 is 0 Å². The molecule has 26 heavy (non-hydrogen) atoms. The van der Waals surface area contributed by atoms with Crippen LogP contribution in [0.25, 0.3) is 10.9 Å². The molecule has 3 rings (SSSR count). The van der Waals surface area contributed by atoms with Crippen LogP contribution in [0.2, 0.25) is 0 Å². The van der Waals surface area contributed by atoms with E-state index >= 15 is 0 Å². The number of rotatable bonds is 5. The molecule has 0 aliphatic carbocycles. The minimum atomic E-state index is -1.12. The van der Waals surface area contributed by atoms with E-state index in [0.29, 0.717) is 10.9 Å². The molecule has 0 atom stereocenters. The number of nitrogens with one attached hydrogen (secondary N) is 1. The molecule has 0 saturated carbocycles. The molecule has 2 aromatic heterocycles. The first-order valence-corrected chi connectivity index (χ1v) is 7.16. The summed E-state index contributed by atoms with van der Waals surface area (Å²) >= 11 is 0. The van der Waals surface area contributed by atoms with Gasteiger partial charge in [-0.25, -0.2) is 15.2 Å². The molecule has 0 fully saturated rings. The van der Waals surface area contributed by atoms with Crippen molar-refractivity contribution in [3.63, 3.8) is 0 Å². The second-order valence-corrected chi connectivity index (χ2v) is 5.01. The second kappa shape index (κ2) is 6.81. The van der Waals surface area contributed by atoms with Crippen molar-refractivity contribution in [3.05, 3.63) is 69.6 Å². The standard InChI is InChI=1S/C16H10N4O6/c21-15(13-5-6-14(26-13)20(24)25)19-17-8-9-7-11(16(22)23)10-3-1-2-4-12(10)18-9/h1-8H,(H,19,21)(H,22,23)/b17-8+. The van der Waals surface area contributed by atoms with Crippen LogP contribution in [0.5, 0.6) is 0 Å². The van der Waals surface area contributed by atoms with E-state index < -0.39 is 22.7 Å². The van der Waals surface area contributed by atoms with Crippen molar-refractivity contribution in [2.24, 2.45) is 5.10 Å². The number of aromatic carboxylic acids is 1. The van der Waals surface area contributed by atoms with Crippen LogP contribution in [0.1, 0.15) is 26.6 Å². The molecule has 3 aromatic rings. The number of hydrogen-bond donors (Lipinski definition) is 2. The molecule has 0 radical (unpaired) electrons. The van der Waals surface area contributed by atoms with Crippen LogP contribution in [-0.2, 0) is 0 Å². The number of carboxylic acid groups (broad SMARTS) is 1. The summed E-state index contributed by atoms with van der Waals surface area (Å²) in [6, 6.07) is 10.2. The van der Waals surface area contributed by atoms with E-state index in [0.717, 1.165) is 18.3 Å². The van der Waals surface area contributed by atoms with Crippen molar-refractivity contribution in [3.8, 4) is 0 Å². The first kappa shape index (κ1) is 16.8. The van der Waals surface area contributed by atoms with Gasteiger partial charge in [0.2, 0.25) is 5.76 Å². The van der Waals surface area contributed by atoms with Crippen molar-refractivity contribution in [2.45, 2.75) is 0 Å². The van der Waals surface area contributed by atoms with Gasteiger partial charge in [-0.2, -0.15) is 5.10 Å². The Hall–Kier alpha value is -4.08. The van der Waals surface area contributed by atoms with Gasteiger partial charge in [-0.15, -0.1) is 0 Å². The summed E-state index contributed by atoms with van der Waals surface area (Å²) < 4.78 is 4.74. The van der Waals surface area contributed by atoms with E-state index in [4.69, 9.17) is 4.42 Å². The number of aromatic nitrogens is 1. The van der Waals surface area contributed by atoms with Gasteiger partial charge >= 0.3 is 17.8 Å². The van der Waals surface area contributed by atoms with Gasteiger partial charge in [0.25, 0.3) is 0 Å². The average molecular weight is 354 g/mol. The number of carbonyl (C=O) groups is 2. The molecule has 10 nitrogen and oxygen atoms in total. The summed E-state index contributed by atoms with van der Waals surface area (Å²) in [5, 5.41) is 24.0. The number of fused-ring (bicyclic) bond motifs is 1. The lowest BCUT2D eigenvalue weighted by Crippen LogP contribution is -2.17. The summed E-state index contributed by atoms with van der Waals surface area (Å²) in [5.74, 6) is -2.77. The third-order valence-electron chi connectivity index (χ3n) is 3.32. The Balaban J connectivity index is 1.80. The van der Waals surface area contributed by atoms with Crippen molar-refractivity contribution in [2.75, 3.05) is 0 Å². The van der Waals surface area contributed by atoms with E-state index in [1.807, 2.05) is 0 Å². The molecule has 0 aliphatic heterocycles. The maximum atomic E-state index is 11.8. The van der Waals surface area contributed by atoms with Crippen LogP contribution in [0, 0.1) is 10.1 Å². The first-order valence-electron chi connectivity index (χ1n) is 7.16. The van der Waals surface area contributed by atoms with Crippen LogP contribution in [0.4, 0.5) is 5.88 Å². The molecular weight excluding hydrogens is 344 g/mol. The molecule has 0 spiro atoms. The number of pyridine rings is 1. The molecule has 0 unspecified atom stereocenters. The molecule has 1 amide bonds. The topological polar surface area (TPSA) is 148 Å². The van der Waals surface area contributed by atoms with Crippen molar-refractivity contribution >= 4 is 34.9 Å². The number of amides is 1. The maximum absolute atomic E-state index is 11.8. The average Bonchev–Trinajstić information content (AvgIpc) is 3.11. The zero-order valence-corrected chi connectivity index (χ0v) is 12.9. The fourth-order valence-electron chi connectivity index (χ4n) is 2.20. The fraction of sp³-hybridized carbons (Fsp3) is 0. The highest BCUT2D eigenvalue weighted by Gasteiger charge is 2.16. The number of furan rings is 1. The number of carbonyl (C=O) groups excluding carboxylic acids is 1. The highest BCUT2D eigenvalue weighted by atomic mass is 16.6. The van der Waals surface area contributed by atoms with Gasteiger partial charge in [0.15, 0.2) is 0 Å². The monoisotopic (exact) mass is 354 g/mol. The number of nitro groups is 1. The molecular formula is C16H10N4O6. The molecule has 1 aromatic carbocycles. The predicted molar refractivity (Wildman–Crippen MR) is 89.1 cm³/mol. The van der Waals surface area contributed by atoms with Crippen LogP contribution in [0.3, 0.4) is 0 Å². The lowest BCUT2D eigenvalue weighted by molar-refractivity contribution is -0.402. The highest BCUT2D eigenvalue weighted by Crippen LogP contribution is 2.18. The zero-order valence-electron chi connectivity index (χ0n) is 12.9. The normalized spacial score (nSPS) is 10.9. The molecule has 2 N–H and O–H groups in total. The number of hydrogen-bond acceptors (Lipinski definition) is 7. The van der Waals surface area contributed by atoms with Crippen molar-refractivity contribution in [1.82, 2.24) is 10.4 Å². The molecule has 0 aliphatic rings. The van der Waals surface area contributed by atoms with Gasteiger partial charge < -0.3 is 9.52 Å². The van der Waals surface area contributed by atoms with E-state index in [1.54, 1.807) is 24.3 Å². The molecule has 0 saturated heterocycles. The third-order valence-corrected chi connectivity index (χ3v) is 3.32. The van der Waals surface area contributed by atoms with E-state index in [9.17, 15) is 24.8 Å². The van der Waals surface area contributed by atoms with Crippen LogP contribution in [0.15, 0.2) is 52.0 Å². The van der Waals surface area contributed by atoms with Gasteiger partial charge in [-0.1, -0.05) is 18.2 Å². The number of carboxylic acids is 1. The van der Waals surface area contributed by atoms with Crippen LogP contribution in [-0.4, -0.2) is 33.1 Å². The maximum Gasteiger partial charge on any atom is 0.433 e. The lowest BCUT2D eigenvalue weighted by Gasteiger charge is -2.03. The van der Waals surface area contributed by atoms with E-state index in [-0.39, 0.29) is 17.0 Å². The minimum Gasteiger partial charge on any atom is -0.478 e. The van der Waals surface area contributed by atoms with Crippen molar-refractivity contribution < 1.29 is 24.0 Å². The Morgan fingerprint density at radius 1 is 1.27 bits per heavy atom. The smallest absolute Gasteiger partial charge is 0.433 e. The zero-order chi connectivity index (χ0) is 18.7. The Labute approximate surface area is 144 Å². The third kappa shape index (κ3) is 3.38. The number of nitrogens with zero attached hydrogens (tertiary/aromatic N) is 3. The minimum absolute atomic E-state index is 0.0463. The van der Waals surface area contributed by atoms with Gasteiger partial charge in [0.05, 0.1) is 29.1 Å². The van der Waals surface area contributed by atoms with E-state index in [1.165, 1.54) is 6.07 Å². The summed E-state index contributed by atoms with van der Waals surface area (Å²) in [5.41, 5.74) is 2.84. The summed E-state index contributed by atoms with van der Waals surface area (Å²) in [4.78, 5) is 37.2. The van der Waals surface area contributed by atoms with E-state index in [2.05, 4.69) is 15.5 Å². The quantitative estimate of drug-likeness (QED) is 0.405. The summed E-state index contributed by atoms with van der Waals surface area (Å²) in [7, 11) is 0. The Bertz CT molecular complexity index is 1060. The lowest BCUT2D eigenvalue weighted by atomic mass is 10.1. The number of benzene rings is 1. The SMILES string of the molecule is O=C(N/N=C/c1cc(C(=O)O)c2ccccc2n1)c1ccc([N+](=O)[O-])o1. The summed E-state index contributed by atoms with van der Waals surface area (Å²) in [6.07, 6.45) is 1.16. The number of hydrazone groups is 1. The van der Waals surface area contributed by atoms with Gasteiger partial charge in [0, 0.05) is 5.39 Å². The highest BCUT2D eigenvalue weighted by molar-refractivity contribution is 6.04. The largest absolute Gasteiger partial charge is 0.478 e. The molecule has 2 heterocycles. The van der Waals surface area contributed by atoms with Gasteiger partial charge in [-0.05, 0) is 18.2 Å². The first-order chi connectivity index (χ1) is 12.5. The predicted octanol–water partition coefficient (Wildman–Crippen LogP) is 2.20. The summed E-state index contributed by atoms with van der Waals surface area (Å²) in [6.45, 7) is 0. The Kier molecular flexibility index (Phi) is 4.39. The number of para-hydroxylation sites is 1. The van der Waals surface area contributed by atoms with Gasteiger partial charge in [-0.3, -0.25) is 14.9 Å².